The van der Waals surface area contributed by atoms with Crippen LogP contribution < -0.4 is 10.6 Å². The Labute approximate surface area is 108 Å². The van der Waals surface area contributed by atoms with Gasteiger partial charge in [0.05, 0.1) is 7.11 Å². The van der Waals surface area contributed by atoms with Crippen molar-refractivity contribution in [2.75, 3.05) is 13.7 Å². The fourth-order valence-corrected chi connectivity index (χ4v) is 1.25. The summed E-state index contributed by atoms with van der Waals surface area (Å²) in [5, 5.41) is 5.42. The molecule has 106 valence electrons. The maximum absolute atomic E-state index is 11.7. The highest BCUT2D eigenvalue weighted by Crippen LogP contribution is 2.09. The summed E-state index contributed by atoms with van der Waals surface area (Å²) < 4.78 is 9.78. The van der Waals surface area contributed by atoms with Crippen LogP contribution in [0.5, 0.6) is 0 Å². The summed E-state index contributed by atoms with van der Waals surface area (Å²) in [6.45, 7) is 9.32. The van der Waals surface area contributed by atoms with E-state index in [1.807, 2.05) is 6.92 Å². The van der Waals surface area contributed by atoms with Crippen LogP contribution in [0.1, 0.15) is 41.0 Å². The van der Waals surface area contributed by atoms with Crippen LogP contribution in [0.4, 0.5) is 4.79 Å². The Hall–Kier alpha value is -1.30. The molecule has 2 N–H and O–H groups in total. The van der Waals surface area contributed by atoms with Crippen LogP contribution in [-0.4, -0.2) is 37.0 Å². The lowest BCUT2D eigenvalue weighted by Gasteiger charge is -2.30. The lowest BCUT2D eigenvalue weighted by molar-refractivity contribution is -0.149. The van der Waals surface area contributed by atoms with Crippen molar-refractivity contribution in [1.29, 1.82) is 0 Å². The first kappa shape index (κ1) is 16.7. The lowest BCUT2D eigenvalue weighted by atomic mass is 10.2. The third-order valence-corrected chi connectivity index (χ3v) is 2.07. The second-order valence-electron chi connectivity index (χ2n) is 5.17. The van der Waals surface area contributed by atoms with E-state index in [-0.39, 0.29) is 0 Å². The van der Waals surface area contributed by atoms with Crippen LogP contribution in [0.25, 0.3) is 0 Å². The molecule has 1 unspecified atom stereocenters. The van der Waals surface area contributed by atoms with Crippen molar-refractivity contribution >= 4 is 12.1 Å². The lowest BCUT2D eigenvalue weighted by Crippen LogP contribution is -2.63. The molecule has 0 bridgehead atoms. The smallest absolute Gasteiger partial charge is 0.409 e. The van der Waals surface area contributed by atoms with Gasteiger partial charge in [-0.1, -0.05) is 6.92 Å². The van der Waals surface area contributed by atoms with E-state index in [0.29, 0.717) is 6.54 Å². The summed E-state index contributed by atoms with van der Waals surface area (Å²) >= 11 is 0. The van der Waals surface area contributed by atoms with Gasteiger partial charge >= 0.3 is 12.1 Å². The quantitative estimate of drug-likeness (QED) is 0.577. The van der Waals surface area contributed by atoms with E-state index in [2.05, 4.69) is 15.4 Å². The van der Waals surface area contributed by atoms with E-state index in [9.17, 15) is 9.59 Å². The normalized spacial score (nSPS) is 14.6. The molecular formula is C12H24N2O4. The molecule has 0 aliphatic carbocycles. The van der Waals surface area contributed by atoms with Crippen LogP contribution in [0.2, 0.25) is 0 Å². The number of carbonyl (C=O) groups excluding carboxylic acids is 2. The third kappa shape index (κ3) is 5.86. The highest BCUT2D eigenvalue weighted by molar-refractivity contribution is 5.84. The summed E-state index contributed by atoms with van der Waals surface area (Å²) in [7, 11) is 1.27. The summed E-state index contributed by atoms with van der Waals surface area (Å²) in [5.74, 6) is -0.568. The van der Waals surface area contributed by atoms with Crippen LogP contribution in [0.3, 0.4) is 0 Å². The molecule has 0 aliphatic heterocycles. The monoisotopic (exact) mass is 260 g/mol. The summed E-state index contributed by atoms with van der Waals surface area (Å²) in [6, 6.07) is 0. The zero-order valence-electron chi connectivity index (χ0n) is 12.0. The van der Waals surface area contributed by atoms with E-state index in [1.165, 1.54) is 7.11 Å². The van der Waals surface area contributed by atoms with Gasteiger partial charge in [0.1, 0.15) is 5.60 Å². The molecule has 0 spiro atoms. The maximum Gasteiger partial charge on any atom is 0.409 e. The van der Waals surface area contributed by atoms with E-state index < -0.39 is 23.3 Å². The van der Waals surface area contributed by atoms with Gasteiger partial charge in [0.25, 0.3) is 0 Å². The van der Waals surface area contributed by atoms with Crippen LogP contribution in [0, 0.1) is 0 Å². The van der Waals surface area contributed by atoms with Gasteiger partial charge in [-0.25, -0.2) is 9.59 Å². The molecule has 1 atom stereocenters. The zero-order valence-corrected chi connectivity index (χ0v) is 12.0. The Kier molecular flexibility index (Phi) is 6.11. The highest BCUT2D eigenvalue weighted by Gasteiger charge is 2.36. The minimum absolute atomic E-state index is 0.568. The molecule has 0 heterocycles. The van der Waals surface area contributed by atoms with E-state index in [1.54, 1.807) is 27.7 Å². The Balaban J connectivity index is 4.69. The van der Waals surface area contributed by atoms with Crippen LogP contribution in [-0.2, 0) is 14.3 Å². The molecule has 0 saturated heterocycles. The molecule has 0 aromatic rings. The Morgan fingerprint density at radius 2 is 1.72 bits per heavy atom. The minimum Gasteiger partial charge on any atom is -0.466 e. The largest absolute Gasteiger partial charge is 0.466 e. The van der Waals surface area contributed by atoms with Crippen molar-refractivity contribution in [3.8, 4) is 0 Å². The van der Waals surface area contributed by atoms with E-state index in [0.717, 1.165) is 6.42 Å². The van der Waals surface area contributed by atoms with Crippen molar-refractivity contribution in [3.05, 3.63) is 0 Å². The number of esters is 1. The predicted molar refractivity (Wildman–Crippen MR) is 68.1 cm³/mol. The first-order chi connectivity index (χ1) is 8.14. The summed E-state index contributed by atoms with van der Waals surface area (Å²) in [6.07, 6.45) is 0.154. The van der Waals surface area contributed by atoms with E-state index in [4.69, 9.17) is 4.74 Å². The molecule has 0 fully saturated rings. The van der Waals surface area contributed by atoms with Crippen molar-refractivity contribution in [2.24, 2.45) is 0 Å². The summed E-state index contributed by atoms with van der Waals surface area (Å²) in [5.41, 5.74) is -1.90. The first-order valence-electron chi connectivity index (χ1n) is 5.99. The predicted octanol–water partition coefficient (Wildman–Crippen LogP) is 1.40. The third-order valence-electron chi connectivity index (χ3n) is 2.07. The van der Waals surface area contributed by atoms with Crippen LogP contribution in [0.15, 0.2) is 0 Å². The fourth-order valence-electron chi connectivity index (χ4n) is 1.25. The molecule has 0 aromatic heterocycles. The Morgan fingerprint density at radius 3 is 2.11 bits per heavy atom. The second kappa shape index (κ2) is 6.58. The molecule has 0 aliphatic rings. The first-order valence-corrected chi connectivity index (χ1v) is 5.99. The van der Waals surface area contributed by atoms with Gasteiger partial charge < -0.3 is 9.47 Å². The minimum atomic E-state index is -1.28. The Morgan fingerprint density at radius 1 is 1.17 bits per heavy atom. The fraction of sp³-hybridized carbons (Fsp3) is 0.833. The Bertz CT molecular complexity index is 299. The van der Waals surface area contributed by atoms with Gasteiger partial charge in [0.15, 0.2) is 5.66 Å². The molecule has 1 amide bonds. The van der Waals surface area contributed by atoms with Gasteiger partial charge in [-0.3, -0.25) is 10.6 Å². The number of amides is 1. The standard InChI is InChI=1S/C12H24N2O4/c1-7-8-13-12(5,9(15)17-6)14-10(16)18-11(2,3)4/h13H,7-8H2,1-6H3,(H,14,16). The maximum atomic E-state index is 11.7. The van der Waals surface area contributed by atoms with Gasteiger partial charge in [-0.05, 0) is 40.7 Å². The zero-order chi connectivity index (χ0) is 14.4. The number of rotatable bonds is 5. The number of alkyl carbamates (subject to hydrolysis) is 1. The molecular weight excluding hydrogens is 236 g/mol. The van der Waals surface area contributed by atoms with Crippen molar-refractivity contribution in [3.63, 3.8) is 0 Å². The molecule has 6 heteroatoms. The van der Waals surface area contributed by atoms with E-state index >= 15 is 0 Å². The molecule has 0 rings (SSSR count). The molecule has 0 radical (unpaired) electrons. The molecule has 18 heavy (non-hydrogen) atoms. The van der Waals surface area contributed by atoms with Crippen molar-refractivity contribution in [1.82, 2.24) is 10.6 Å². The average Bonchev–Trinajstić information content (AvgIpc) is 2.22. The topological polar surface area (TPSA) is 76.7 Å². The van der Waals surface area contributed by atoms with Gasteiger partial charge in [-0.2, -0.15) is 0 Å². The SMILES string of the molecule is CCCNC(C)(NC(=O)OC(C)(C)C)C(=O)OC. The number of methoxy groups -OCH3 is 1. The number of hydrogen-bond donors (Lipinski definition) is 2. The molecule has 0 saturated carbocycles. The second-order valence-corrected chi connectivity index (χ2v) is 5.17. The molecule has 6 nitrogen and oxygen atoms in total. The summed E-state index contributed by atoms with van der Waals surface area (Å²) in [4.78, 5) is 23.4. The number of ether oxygens (including phenoxy) is 2. The highest BCUT2D eigenvalue weighted by atomic mass is 16.6. The van der Waals surface area contributed by atoms with Gasteiger partial charge in [0, 0.05) is 0 Å². The number of nitrogens with one attached hydrogen (secondary N) is 2. The average molecular weight is 260 g/mol. The number of hydrogen-bond acceptors (Lipinski definition) is 5. The number of carbonyl (C=O) groups is 2. The van der Waals surface area contributed by atoms with Crippen molar-refractivity contribution in [2.45, 2.75) is 52.3 Å². The van der Waals surface area contributed by atoms with Crippen molar-refractivity contribution < 1.29 is 19.1 Å². The van der Waals surface area contributed by atoms with Crippen LogP contribution >= 0.6 is 0 Å². The van der Waals surface area contributed by atoms with Gasteiger partial charge in [0.2, 0.25) is 0 Å². The molecule has 0 aromatic carbocycles. The van der Waals surface area contributed by atoms with Gasteiger partial charge in [-0.15, -0.1) is 0 Å².